The molecule has 2 aromatic carbocycles. The van der Waals surface area contributed by atoms with Crippen molar-refractivity contribution in [2.45, 2.75) is 39.5 Å². The van der Waals surface area contributed by atoms with Crippen LogP contribution in [0.25, 0.3) is 21.7 Å². The van der Waals surface area contributed by atoms with Crippen molar-refractivity contribution >= 4 is 28.8 Å². The van der Waals surface area contributed by atoms with Crippen molar-refractivity contribution in [3.05, 3.63) is 97.5 Å². The zero-order valence-electron chi connectivity index (χ0n) is 20.5. The summed E-state index contributed by atoms with van der Waals surface area (Å²) in [5.74, 6) is 0.580. The number of hydrogen-bond acceptors (Lipinski definition) is 5. The SMILES string of the molecule is Cc1ccc(-c2sc(C3CCN(C(=O)c4c(C)cc(=O)oc4C)CC3)nc2-c2ccc(Cl)cc2)cc1. The molecule has 0 spiro atoms. The molecule has 2 aromatic heterocycles. The van der Waals surface area contributed by atoms with Crippen molar-refractivity contribution in [2.24, 2.45) is 0 Å². The minimum atomic E-state index is -0.426. The summed E-state index contributed by atoms with van der Waals surface area (Å²) in [7, 11) is 0. The molecule has 5 rings (SSSR count). The highest BCUT2D eigenvalue weighted by atomic mass is 35.5. The van der Waals surface area contributed by atoms with Gasteiger partial charge in [0.15, 0.2) is 0 Å². The maximum atomic E-state index is 13.2. The van der Waals surface area contributed by atoms with E-state index in [0.29, 0.717) is 35.0 Å². The second-order valence-corrected chi connectivity index (χ2v) is 10.8. The van der Waals surface area contributed by atoms with Gasteiger partial charge in [0.25, 0.3) is 5.91 Å². The van der Waals surface area contributed by atoms with Crippen molar-refractivity contribution < 1.29 is 9.21 Å². The first-order valence-electron chi connectivity index (χ1n) is 12.0. The van der Waals surface area contributed by atoms with Gasteiger partial charge in [0.2, 0.25) is 0 Å². The van der Waals surface area contributed by atoms with Gasteiger partial charge in [-0.05, 0) is 56.9 Å². The van der Waals surface area contributed by atoms with E-state index >= 15 is 0 Å². The van der Waals surface area contributed by atoms with Crippen molar-refractivity contribution in [1.82, 2.24) is 9.88 Å². The summed E-state index contributed by atoms with van der Waals surface area (Å²) in [6, 6.07) is 17.8. The Balaban J connectivity index is 1.40. The van der Waals surface area contributed by atoms with Crippen LogP contribution >= 0.6 is 22.9 Å². The summed E-state index contributed by atoms with van der Waals surface area (Å²) < 4.78 is 5.19. The number of nitrogens with zero attached hydrogens (tertiary/aromatic N) is 2. The maximum absolute atomic E-state index is 13.2. The fourth-order valence-corrected chi connectivity index (χ4v) is 6.17. The molecule has 1 aliphatic heterocycles. The van der Waals surface area contributed by atoms with Crippen LogP contribution in [0.3, 0.4) is 0 Å². The van der Waals surface area contributed by atoms with Gasteiger partial charge < -0.3 is 9.32 Å². The summed E-state index contributed by atoms with van der Waals surface area (Å²) in [5, 5.41) is 1.80. The zero-order chi connectivity index (χ0) is 25.4. The first-order valence-corrected chi connectivity index (χ1v) is 13.2. The van der Waals surface area contributed by atoms with E-state index in [4.69, 9.17) is 21.0 Å². The van der Waals surface area contributed by atoms with Gasteiger partial charge in [-0.25, -0.2) is 9.78 Å². The molecule has 36 heavy (non-hydrogen) atoms. The van der Waals surface area contributed by atoms with E-state index in [1.807, 2.05) is 29.2 Å². The lowest BCUT2D eigenvalue weighted by Crippen LogP contribution is -2.38. The number of carbonyl (C=O) groups is 1. The number of likely N-dealkylation sites (tertiary alicyclic amines) is 1. The third-order valence-corrected chi connectivity index (χ3v) is 8.27. The van der Waals surface area contributed by atoms with Crippen LogP contribution in [0.5, 0.6) is 0 Å². The van der Waals surface area contributed by atoms with Gasteiger partial charge >= 0.3 is 5.63 Å². The summed E-state index contributed by atoms with van der Waals surface area (Å²) in [4.78, 5) is 33.0. The maximum Gasteiger partial charge on any atom is 0.336 e. The number of aryl methyl sites for hydroxylation is 3. The molecule has 4 aromatic rings. The summed E-state index contributed by atoms with van der Waals surface area (Å²) >= 11 is 7.88. The summed E-state index contributed by atoms with van der Waals surface area (Å²) in [6.07, 6.45) is 1.67. The topological polar surface area (TPSA) is 63.4 Å². The molecule has 0 radical (unpaired) electrons. The highest BCUT2D eigenvalue weighted by Gasteiger charge is 2.29. The standard InChI is InChI=1S/C29H27ClN2O3S/c1-17-4-6-21(7-5-17)27-26(20-8-10-23(30)11-9-20)31-28(36-27)22-12-14-32(15-13-22)29(34)25-18(2)16-24(33)35-19(25)3/h4-11,16,22H,12-15H2,1-3H3. The van der Waals surface area contributed by atoms with E-state index in [0.717, 1.165) is 39.5 Å². The molecule has 3 heterocycles. The van der Waals surface area contributed by atoms with Crippen LogP contribution in [0, 0.1) is 20.8 Å². The van der Waals surface area contributed by atoms with Crippen LogP contribution in [0.2, 0.25) is 5.02 Å². The molecule has 7 heteroatoms. The van der Waals surface area contributed by atoms with E-state index < -0.39 is 5.63 Å². The van der Waals surface area contributed by atoms with Crippen LogP contribution in [0.15, 0.2) is 63.8 Å². The Morgan fingerprint density at radius 3 is 2.28 bits per heavy atom. The summed E-state index contributed by atoms with van der Waals surface area (Å²) in [6.45, 7) is 6.82. The lowest BCUT2D eigenvalue weighted by molar-refractivity contribution is 0.0708. The van der Waals surface area contributed by atoms with Gasteiger partial charge in [0.1, 0.15) is 5.76 Å². The van der Waals surface area contributed by atoms with Crippen molar-refractivity contribution in [1.29, 1.82) is 0 Å². The minimum Gasteiger partial charge on any atom is -0.427 e. The van der Waals surface area contributed by atoms with Crippen molar-refractivity contribution in [3.63, 3.8) is 0 Å². The molecule has 0 N–H and O–H groups in total. The van der Waals surface area contributed by atoms with Crippen LogP contribution in [0.4, 0.5) is 0 Å². The second kappa shape index (κ2) is 10.0. The number of thiazole rings is 1. The minimum absolute atomic E-state index is 0.0754. The van der Waals surface area contributed by atoms with Crippen LogP contribution in [-0.2, 0) is 0 Å². The average molecular weight is 519 g/mol. The predicted molar refractivity (Wildman–Crippen MR) is 145 cm³/mol. The Morgan fingerprint density at radius 2 is 1.64 bits per heavy atom. The van der Waals surface area contributed by atoms with Crippen LogP contribution in [0.1, 0.15) is 51.0 Å². The lowest BCUT2D eigenvalue weighted by Gasteiger charge is -2.31. The molecule has 0 atom stereocenters. The van der Waals surface area contributed by atoms with Gasteiger partial charge in [0.05, 0.1) is 21.1 Å². The molecule has 1 amide bonds. The number of hydrogen-bond donors (Lipinski definition) is 0. The van der Waals surface area contributed by atoms with Gasteiger partial charge in [-0.15, -0.1) is 11.3 Å². The quantitative estimate of drug-likeness (QED) is 0.291. The van der Waals surface area contributed by atoms with Gasteiger partial charge in [-0.3, -0.25) is 4.79 Å². The Bertz CT molecular complexity index is 1370. The van der Waals surface area contributed by atoms with E-state index in [2.05, 4.69) is 31.2 Å². The molecule has 1 fully saturated rings. The molecular formula is C29H27ClN2O3S. The number of rotatable bonds is 4. The Morgan fingerprint density at radius 1 is 1.00 bits per heavy atom. The fourth-order valence-electron chi connectivity index (χ4n) is 4.78. The number of halogens is 1. The monoisotopic (exact) mass is 518 g/mol. The number of carbonyl (C=O) groups excluding carboxylic acids is 1. The molecule has 0 bridgehead atoms. The normalized spacial score (nSPS) is 14.3. The van der Waals surface area contributed by atoms with E-state index in [9.17, 15) is 9.59 Å². The zero-order valence-corrected chi connectivity index (χ0v) is 22.1. The Kier molecular flexibility index (Phi) is 6.82. The fraction of sp³-hybridized carbons (Fsp3) is 0.276. The predicted octanol–water partition coefficient (Wildman–Crippen LogP) is 7.03. The van der Waals surface area contributed by atoms with Gasteiger partial charge in [-0.2, -0.15) is 0 Å². The Hall–Kier alpha value is -3.22. The highest BCUT2D eigenvalue weighted by molar-refractivity contribution is 7.15. The third-order valence-electron chi connectivity index (χ3n) is 6.75. The number of benzene rings is 2. The van der Waals surface area contributed by atoms with Crippen LogP contribution in [-0.4, -0.2) is 28.9 Å². The highest BCUT2D eigenvalue weighted by Crippen LogP contribution is 2.42. The smallest absolute Gasteiger partial charge is 0.336 e. The molecule has 184 valence electrons. The molecule has 0 aliphatic carbocycles. The number of aromatic nitrogens is 1. The number of amides is 1. The van der Waals surface area contributed by atoms with E-state index in [-0.39, 0.29) is 11.8 Å². The molecule has 5 nitrogen and oxygen atoms in total. The average Bonchev–Trinajstić information content (AvgIpc) is 3.30. The van der Waals surface area contributed by atoms with Gasteiger partial charge in [0, 0.05) is 35.7 Å². The molecule has 1 saturated heterocycles. The first-order chi connectivity index (χ1) is 17.3. The lowest BCUT2D eigenvalue weighted by atomic mass is 9.96. The first kappa shape index (κ1) is 24.5. The molecule has 0 saturated carbocycles. The molecular weight excluding hydrogens is 492 g/mol. The van der Waals surface area contributed by atoms with Gasteiger partial charge in [-0.1, -0.05) is 53.6 Å². The summed E-state index contributed by atoms with van der Waals surface area (Å²) in [5.41, 5.74) is 5.11. The molecule has 0 unspecified atom stereocenters. The second-order valence-electron chi connectivity index (χ2n) is 9.35. The molecule has 1 aliphatic rings. The third kappa shape index (κ3) is 4.88. The van der Waals surface area contributed by atoms with Crippen molar-refractivity contribution in [3.8, 4) is 21.7 Å². The van der Waals surface area contributed by atoms with E-state index in [1.54, 1.807) is 25.2 Å². The number of piperidine rings is 1. The van der Waals surface area contributed by atoms with Crippen LogP contribution < -0.4 is 5.63 Å². The van der Waals surface area contributed by atoms with E-state index in [1.165, 1.54) is 11.6 Å². The largest absolute Gasteiger partial charge is 0.427 e. The Labute approximate surface area is 219 Å². The van der Waals surface area contributed by atoms with Crippen molar-refractivity contribution in [2.75, 3.05) is 13.1 Å².